The first-order valence-corrected chi connectivity index (χ1v) is 11.2. The Balaban J connectivity index is 1.20. The molecule has 2 N–H and O–H groups in total. The molecule has 0 radical (unpaired) electrons. The molecule has 1 fully saturated rings. The third-order valence-corrected chi connectivity index (χ3v) is 6.61. The number of para-hydroxylation sites is 1. The van der Waals surface area contributed by atoms with Gasteiger partial charge in [0, 0.05) is 38.6 Å². The molecule has 1 atom stereocenters. The van der Waals surface area contributed by atoms with Crippen molar-refractivity contribution in [3.63, 3.8) is 0 Å². The van der Waals surface area contributed by atoms with Gasteiger partial charge in [-0.1, -0.05) is 36.4 Å². The van der Waals surface area contributed by atoms with Crippen molar-refractivity contribution >= 4 is 28.6 Å². The first kappa shape index (κ1) is 21.2. The van der Waals surface area contributed by atoms with E-state index in [0.717, 1.165) is 30.8 Å². The first-order chi connectivity index (χ1) is 15.0. The Morgan fingerprint density at radius 1 is 1.16 bits per heavy atom. The summed E-state index contributed by atoms with van der Waals surface area (Å²) >= 11 is 0.653. The molecule has 0 spiro atoms. The third-order valence-electron chi connectivity index (χ3n) is 5.71. The van der Waals surface area contributed by atoms with Crippen LogP contribution < -0.4 is 10.2 Å². The number of thioether (sulfide) groups is 1. The predicted molar refractivity (Wildman–Crippen MR) is 119 cm³/mol. The summed E-state index contributed by atoms with van der Waals surface area (Å²) < 4.78 is 0. The number of nitrogens with one attached hydrogen (secondary N) is 1. The molecular formula is C23H24N4O3S. The number of fused-ring (bicyclic) bond motifs is 1. The Bertz CT molecular complexity index is 1020. The number of aliphatic hydroxyl groups is 1. The van der Waals surface area contributed by atoms with Crippen molar-refractivity contribution in [1.29, 1.82) is 5.26 Å². The molecule has 7 nitrogen and oxygen atoms in total. The molecule has 0 saturated carbocycles. The number of carbonyl (C=O) groups excluding carboxylic acids is 2. The van der Waals surface area contributed by atoms with E-state index in [2.05, 4.69) is 22.4 Å². The quantitative estimate of drug-likeness (QED) is 0.699. The molecular weight excluding hydrogens is 412 g/mol. The molecule has 0 aliphatic carbocycles. The molecule has 2 aromatic carbocycles. The smallest absolute Gasteiger partial charge is 0.284 e. The zero-order valence-corrected chi connectivity index (χ0v) is 17.8. The minimum Gasteiger partial charge on any atom is -0.373 e. The van der Waals surface area contributed by atoms with Gasteiger partial charge in [0.05, 0.1) is 11.3 Å². The fraction of sp³-hybridized carbons (Fsp3) is 0.348. The largest absolute Gasteiger partial charge is 0.373 e. The fourth-order valence-corrected chi connectivity index (χ4v) is 4.63. The van der Waals surface area contributed by atoms with E-state index in [1.807, 2.05) is 36.4 Å². The Hall–Kier alpha value is -3.02. The van der Waals surface area contributed by atoms with Gasteiger partial charge in [0.15, 0.2) is 5.44 Å². The second-order valence-corrected chi connectivity index (χ2v) is 8.85. The lowest BCUT2D eigenvalue weighted by Gasteiger charge is -2.41. The van der Waals surface area contributed by atoms with Crippen LogP contribution in [0.25, 0.3) is 0 Å². The van der Waals surface area contributed by atoms with E-state index in [9.17, 15) is 20.0 Å². The van der Waals surface area contributed by atoms with Gasteiger partial charge in [0.2, 0.25) is 0 Å². The summed E-state index contributed by atoms with van der Waals surface area (Å²) in [5.41, 5.74) is 2.45. The average Bonchev–Trinajstić information content (AvgIpc) is 2.77. The number of benzene rings is 2. The van der Waals surface area contributed by atoms with E-state index in [0.29, 0.717) is 37.0 Å². The van der Waals surface area contributed by atoms with E-state index in [4.69, 9.17) is 0 Å². The predicted octanol–water partition coefficient (Wildman–Crippen LogP) is 2.34. The SMILES string of the molecule is N#Cc1ccccc1N1CC(CNC(=O)[C@H](O)SC(=O)N2CCc3ccccc3C2)C1. The molecule has 2 heterocycles. The number of carbonyl (C=O) groups is 2. The van der Waals surface area contributed by atoms with Crippen molar-refractivity contribution in [3.05, 3.63) is 65.2 Å². The lowest BCUT2D eigenvalue weighted by atomic mass is 9.98. The molecule has 2 aromatic rings. The van der Waals surface area contributed by atoms with Crippen molar-refractivity contribution in [3.8, 4) is 6.07 Å². The lowest BCUT2D eigenvalue weighted by molar-refractivity contribution is -0.125. The zero-order chi connectivity index (χ0) is 21.8. The molecule has 4 rings (SSSR count). The number of amides is 2. The van der Waals surface area contributed by atoms with Crippen molar-refractivity contribution in [2.45, 2.75) is 18.4 Å². The highest BCUT2D eigenvalue weighted by Gasteiger charge is 2.30. The number of aliphatic hydroxyl groups excluding tert-OH is 1. The van der Waals surface area contributed by atoms with Gasteiger partial charge in [-0.3, -0.25) is 9.59 Å². The molecule has 0 aromatic heterocycles. The van der Waals surface area contributed by atoms with Crippen LogP contribution in [-0.4, -0.2) is 52.8 Å². The zero-order valence-electron chi connectivity index (χ0n) is 17.0. The summed E-state index contributed by atoms with van der Waals surface area (Å²) in [7, 11) is 0. The average molecular weight is 437 g/mol. The summed E-state index contributed by atoms with van der Waals surface area (Å²) in [6.07, 6.45) is 0.776. The van der Waals surface area contributed by atoms with E-state index >= 15 is 0 Å². The molecule has 0 bridgehead atoms. The normalized spacial score (nSPS) is 16.6. The van der Waals surface area contributed by atoms with Gasteiger partial charge in [0.25, 0.3) is 11.1 Å². The van der Waals surface area contributed by atoms with Gasteiger partial charge in [-0.15, -0.1) is 0 Å². The maximum Gasteiger partial charge on any atom is 0.284 e. The summed E-state index contributed by atoms with van der Waals surface area (Å²) in [6, 6.07) is 17.6. The van der Waals surface area contributed by atoms with Crippen LogP contribution in [0.1, 0.15) is 16.7 Å². The first-order valence-electron chi connectivity index (χ1n) is 10.3. The number of nitrogens with zero attached hydrogens (tertiary/aromatic N) is 3. The van der Waals surface area contributed by atoms with Crippen molar-refractivity contribution in [2.75, 3.05) is 31.1 Å². The van der Waals surface area contributed by atoms with Crippen molar-refractivity contribution < 1.29 is 14.7 Å². The summed E-state index contributed by atoms with van der Waals surface area (Å²) in [4.78, 5) is 28.5. The molecule has 8 heteroatoms. The topological polar surface area (TPSA) is 96.7 Å². The van der Waals surface area contributed by atoms with E-state index in [1.54, 1.807) is 11.0 Å². The highest BCUT2D eigenvalue weighted by atomic mass is 32.2. The van der Waals surface area contributed by atoms with E-state index < -0.39 is 11.3 Å². The fourth-order valence-electron chi connectivity index (χ4n) is 3.95. The van der Waals surface area contributed by atoms with Crippen LogP contribution >= 0.6 is 11.8 Å². The van der Waals surface area contributed by atoms with Crippen LogP contribution in [0.4, 0.5) is 10.5 Å². The Kier molecular flexibility index (Phi) is 6.44. The van der Waals surface area contributed by atoms with E-state index in [-0.39, 0.29) is 11.2 Å². The number of nitriles is 1. The van der Waals surface area contributed by atoms with Crippen LogP contribution in [0.3, 0.4) is 0 Å². The van der Waals surface area contributed by atoms with Gasteiger partial charge < -0.3 is 20.2 Å². The summed E-state index contributed by atoms with van der Waals surface area (Å²) in [6.45, 7) is 2.97. The standard InChI is InChI=1S/C23H24N4O3S/c24-11-18-6-3-4-8-20(18)27-13-16(14-27)12-25-21(28)22(29)31-23(30)26-10-9-17-5-1-2-7-19(17)15-26/h1-8,16,22,29H,9-10,12-15H2,(H,25,28)/t22-/m1/s1. The lowest BCUT2D eigenvalue weighted by Crippen LogP contribution is -2.52. The van der Waals surface area contributed by atoms with Crippen molar-refractivity contribution in [2.24, 2.45) is 5.92 Å². The Morgan fingerprint density at radius 2 is 1.87 bits per heavy atom. The molecule has 2 aliphatic rings. The van der Waals surface area contributed by atoms with Gasteiger partial charge in [0.1, 0.15) is 6.07 Å². The maximum absolute atomic E-state index is 12.5. The second-order valence-electron chi connectivity index (χ2n) is 7.82. The highest BCUT2D eigenvalue weighted by Crippen LogP contribution is 2.27. The highest BCUT2D eigenvalue weighted by molar-refractivity contribution is 8.14. The van der Waals surface area contributed by atoms with Crippen LogP contribution in [0.15, 0.2) is 48.5 Å². The molecule has 160 valence electrons. The second kappa shape index (κ2) is 9.41. The number of hydrogen-bond donors (Lipinski definition) is 2. The van der Waals surface area contributed by atoms with Crippen LogP contribution in [-0.2, 0) is 17.8 Å². The van der Waals surface area contributed by atoms with Crippen LogP contribution in [0.5, 0.6) is 0 Å². The summed E-state index contributed by atoms with van der Waals surface area (Å²) in [5, 5.41) is 21.8. The minimum atomic E-state index is -1.43. The molecule has 2 amide bonds. The number of hydrogen-bond acceptors (Lipinski definition) is 6. The van der Waals surface area contributed by atoms with Crippen molar-refractivity contribution in [1.82, 2.24) is 10.2 Å². The molecule has 0 unspecified atom stereocenters. The number of rotatable bonds is 5. The van der Waals surface area contributed by atoms with Crippen LogP contribution in [0.2, 0.25) is 0 Å². The maximum atomic E-state index is 12.5. The summed E-state index contributed by atoms with van der Waals surface area (Å²) in [5.74, 6) is -0.311. The number of anilines is 1. The molecule has 2 aliphatic heterocycles. The molecule has 31 heavy (non-hydrogen) atoms. The van der Waals surface area contributed by atoms with Gasteiger partial charge in [-0.05, 0) is 41.4 Å². The minimum absolute atomic E-state index is 0.238. The molecule has 1 saturated heterocycles. The third kappa shape index (κ3) is 4.84. The van der Waals surface area contributed by atoms with Gasteiger partial charge in [-0.2, -0.15) is 5.26 Å². The Morgan fingerprint density at radius 3 is 2.65 bits per heavy atom. The van der Waals surface area contributed by atoms with E-state index in [1.165, 1.54) is 5.56 Å². The van der Waals surface area contributed by atoms with Crippen LogP contribution in [0, 0.1) is 17.2 Å². The van der Waals surface area contributed by atoms with Gasteiger partial charge in [-0.25, -0.2) is 0 Å². The Labute approximate surface area is 185 Å². The van der Waals surface area contributed by atoms with Gasteiger partial charge >= 0.3 is 0 Å². The monoisotopic (exact) mass is 436 g/mol.